The van der Waals surface area contributed by atoms with Crippen molar-refractivity contribution in [3.8, 4) is 0 Å². The number of carbonyl (C=O) groups excluding carboxylic acids is 1. The molecule has 0 aromatic carbocycles. The summed E-state index contributed by atoms with van der Waals surface area (Å²) in [4.78, 5) is 11.3. The van der Waals surface area contributed by atoms with Crippen molar-refractivity contribution in [1.29, 1.82) is 0 Å². The van der Waals surface area contributed by atoms with Gasteiger partial charge in [0, 0.05) is 0 Å². The first-order valence-electron chi connectivity index (χ1n) is 7.17. The van der Waals surface area contributed by atoms with E-state index in [2.05, 4.69) is 0 Å². The van der Waals surface area contributed by atoms with E-state index in [0.29, 0.717) is 0 Å². The van der Waals surface area contributed by atoms with E-state index < -0.39 is 72.2 Å². The molecule has 0 aromatic rings. The minimum absolute atomic E-state index is 2.63. The molecule has 0 atom stereocenters. The van der Waals surface area contributed by atoms with Crippen LogP contribution in [-0.4, -0.2) is 49.0 Å². The van der Waals surface area contributed by atoms with Crippen molar-refractivity contribution in [2.75, 3.05) is 0 Å². The van der Waals surface area contributed by atoms with Gasteiger partial charge in [0.15, 0.2) is 0 Å². The summed E-state index contributed by atoms with van der Waals surface area (Å²) in [6, 6.07) is 0. The fourth-order valence-corrected chi connectivity index (χ4v) is 3.57. The van der Waals surface area contributed by atoms with Gasteiger partial charge in [-0.1, -0.05) is 0 Å². The zero-order chi connectivity index (χ0) is 28.6. The minimum Gasteiger partial charge on any atom is -0.289 e. The molecule has 22 heteroatoms. The number of Topliss-reactive ketones (excluding diaryl/α,β-unsaturated/α-hetero) is 1. The Bertz CT molecular complexity index is 637. The van der Waals surface area contributed by atoms with Crippen molar-refractivity contribution in [3.63, 3.8) is 0 Å². The van der Waals surface area contributed by atoms with Crippen molar-refractivity contribution in [1.82, 2.24) is 0 Å². The van der Waals surface area contributed by atoms with Gasteiger partial charge in [-0.3, -0.25) is 4.79 Å². The predicted octanol–water partition coefficient (Wildman–Crippen LogP) is 7.47. The number of rotatable bonds is 3. The molecule has 0 aromatic heterocycles. The zero-order valence-corrected chi connectivity index (χ0v) is 14.8. The average molecular weight is 562 g/mol. The van der Waals surface area contributed by atoms with Gasteiger partial charge in [-0.15, -0.1) is 0 Å². The van der Waals surface area contributed by atoms with Crippen LogP contribution in [0.3, 0.4) is 0 Å². The number of hydrogen-bond acceptors (Lipinski definition) is 1. The zero-order valence-electron chi connectivity index (χ0n) is 14.8. The van der Waals surface area contributed by atoms with Crippen molar-refractivity contribution in [3.05, 3.63) is 0 Å². The third kappa shape index (κ3) is 3.81. The van der Waals surface area contributed by atoms with Crippen LogP contribution in [0.5, 0.6) is 0 Å². The van der Waals surface area contributed by atoms with Crippen molar-refractivity contribution in [2.45, 2.75) is 50.2 Å². The highest BCUT2D eigenvalue weighted by Crippen LogP contribution is 2.80. The summed E-state index contributed by atoms with van der Waals surface area (Å²) in [5.41, 5.74) is -27.0. The highest BCUT2D eigenvalue weighted by molar-refractivity contribution is 5.92. The molecule has 0 saturated heterocycles. The summed E-state index contributed by atoms with van der Waals surface area (Å²) in [7, 11) is 0. The van der Waals surface area contributed by atoms with Crippen molar-refractivity contribution < 1.29 is 97.0 Å². The number of hydrogen-bond donors (Lipinski definition) is 0. The highest BCUT2D eigenvalue weighted by Gasteiger charge is 3.04. The minimum atomic E-state index is -9.23. The topological polar surface area (TPSA) is 17.1 Å². The summed E-state index contributed by atoms with van der Waals surface area (Å²) in [6.45, 7) is -2.63. The first kappa shape index (κ1) is 32.2. The number of ketones is 1. The molecule has 0 aliphatic rings. The molecule has 0 amide bonds. The van der Waals surface area contributed by atoms with Gasteiger partial charge >= 0.3 is 43.2 Å². The van der Waals surface area contributed by atoms with Gasteiger partial charge in [0.2, 0.25) is 5.78 Å². The van der Waals surface area contributed by atoms with Gasteiger partial charge < -0.3 is 0 Å². The number of carbonyl (C=O) groups is 1. The molecule has 0 bridgehead atoms. The Morgan fingerprint density at radius 3 is 0.618 bits per heavy atom. The van der Waals surface area contributed by atoms with Crippen LogP contribution in [0, 0.1) is 16.2 Å². The Hall–Kier alpha value is -1.80. The largest absolute Gasteiger partial charge is 0.450 e. The van der Waals surface area contributed by atoms with E-state index in [9.17, 15) is 97.0 Å². The summed E-state index contributed by atoms with van der Waals surface area (Å²) in [5, 5.41) is 0. The third-order valence-electron chi connectivity index (χ3n) is 4.76. The average Bonchev–Trinajstić information content (AvgIpc) is 2.35. The fourth-order valence-electron chi connectivity index (χ4n) is 3.57. The highest BCUT2D eigenvalue weighted by atomic mass is 19.5. The van der Waals surface area contributed by atoms with E-state index in [4.69, 9.17) is 0 Å². The Balaban J connectivity index is 9.16. The molecule has 1 nitrogen and oxygen atoms in total. The molecular formula is C12H3F21O. The first-order valence-corrected chi connectivity index (χ1v) is 7.17. The van der Waals surface area contributed by atoms with E-state index in [1.807, 2.05) is 0 Å². The first-order chi connectivity index (χ1) is 14.2. The van der Waals surface area contributed by atoms with Gasteiger partial charge in [-0.05, 0) is 6.92 Å². The second kappa shape index (κ2) is 7.60. The van der Waals surface area contributed by atoms with E-state index in [-0.39, 0.29) is 0 Å². The second-order valence-corrected chi connectivity index (χ2v) is 6.44. The predicted molar refractivity (Wildman–Crippen MR) is 60.4 cm³/mol. The Morgan fingerprint density at radius 2 is 0.529 bits per heavy atom. The maximum atomic E-state index is 13.2. The lowest BCUT2D eigenvalue weighted by Gasteiger charge is -2.57. The summed E-state index contributed by atoms with van der Waals surface area (Å²) < 4.78 is 277. The second-order valence-electron chi connectivity index (χ2n) is 6.44. The molecule has 0 unspecified atom stereocenters. The van der Waals surface area contributed by atoms with E-state index in [0.717, 1.165) is 0 Å². The maximum Gasteiger partial charge on any atom is 0.450 e. The summed E-state index contributed by atoms with van der Waals surface area (Å²) >= 11 is 0. The Kier molecular flexibility index (Phi) is 7.20. The quantitative estimate of drug-likeness (QED) is 0.327. The smallest absolute Gasteiger partial charge is 0.289 e. The normalized spacial score (nSPS) is 16.6. The SMILES string of the molecule is CC(C(=O)C(F)(F)F)(C(C(F)(F)F)(C(F)(F)F)C(F)(F)F)C(C(F)(F)F)(C(F)(F)F)C(F)(F)F. The van der Waals surface area contributed by atoms with Crippen LogP contribution in [0.2, 0.25) is 0 Å². The third-order valence-corrected chi connectivity index (χ3v) is 4.76. The van der Waals surface area contributed by atoms with Gasteiger partial charge in [-0.2, -0.15) is 92.2 Å². The summed E-state index contributed by atoms with van der Waals surface area (Å²) in [5.74, 6) is -5.92. The van der Waals surface area contributed by atoms with Gasteiger partial charge in [0.05, 0.1) is 0 Å². The van der Waals surface area contributed by atoms with Crippen LogP contribution in [0.25, 0.3) is 0 Å². The lowest BCUT2D eigenvalue weighted by Crippen LogP contribution is -2.82. The van der Waals surface area contributed by atoms with Gasteiger partial charge in [0.1, 0.15) is 5.41 Å². The van der Waals surface area contributed by atoms with Gasteiger partial charge in [0.25, 0.3) is 10.8 Å². The molecule has 0 N–H and O–H groups in total. The maximum absolute atomic E-state index is 13.2. The molecule has 0 aliphatic heterocycles. The van der Waals surface area contributed by atoms with Crippen LogP contribution < -0.4 is 0 Å². The van der Waals surface area contributed by atoms with E-state index in [1.165, 1.54) is 0 Å². The molecule has 0 heterocycles. The van der Waals surface area contributed by atoms with Crippen LogP contribution in [-0.2, 0) is 4.79 Å². The monoisotopic (exact) mass is 562 g/mol. The lowest BCUT2D eigenvalue weighted by atomic mass is 9.46. The molecule has 0 fully saturated rings. The molecule has 0 radical (unpaired) electrons. The summed E-state index contributed by atoms with van der Waals surface area (Å²) in [6.07, 6.45) is -61.4. The molecule has 0 spiro atoms. The molecule has 0 aliphatic carbocycles. The molecule has 0 saturated carbocycles. The van der Waals surface area contributed by atoms with E-state index >= 15 is 0 Å². The molecule has 204 valence electrons. The van der Waals surface area contributed by atoms with Crippen LogP contribution in [0.4, 0.5) is 92.2 Å². The van der Waals surface area contributed by atoms with Crippen LogP contribution in [0.1, 0.15) is 6.92 Å². The van der Waals surface area contributed by atoms with Crippen molar-refractivity contribution >= 4 is 5.78 Å². The number of alkyl halides is 21. The van der Waals surface area contributed by atoms with Crippen LogP contribution in [0.15, 0.2) is 0 Å². The molecular weight excluding hydrogens is 559 g/mol. The Morgan fingerprint density at radius 1 is 0.382 bits per heavy atom. The van der Waals surface area contributed by atoms with E-state index in [1.54, 1.807) is 0 Å². The molecule has 0 rings (SSSR count). The molecule has 34 heavy (non-hydrogen) atoms. The number of halogens is 21. The van der Waals surface area contributed by atoms with Gasteiger partial charge in [-0.25, -0.2) is 0 Å². The van der Waals surface area contributed by atoms with Crippen LogP contribution >= 0.6 is 0 Å². The van der Waals surface area contributed by atoms with Crippen molar-refractivity contribution in [2.24, 2.45) is 16.2 Å². The fraction of sp³-hybridized carbons (Fsp3) is 0.917. The Labute approximate surface area is 170 Å². The lowest BCUT2D eigenvalue weighted by molar-refractivity contribution is -0.521. The standard InChI is InChI=1S/C12H3F21O/c1-3(2(34)4(13,14)15,5(7(16,17)18,8(19,20)21)9(22,23)24)6(10(25,26)27,11(28,29)30)12(31,32)33/h1H3.